The third-order valence-corrected chi connectivity index (χ3v) is 5.65. The summed E-state index contributed by atoms with van der Waals surface area (Å²) in [7, 11) is 0. The van der Waals surface area contributed by atoms with Gasteiger partial charge in [0.15, 0.2) is 0 Å². The zero-order valence-electron chi connectivity index (χ0n) is 16.1. The minimum atomic E-state index is -1.02. The fraction of sp³-hybridized carbons (Fsp3) is 0.0417. The highest BCUT2D eigenvalue weighted by Gasteiger charge is 2.43. The Kier molecular flexibility index (Phi) is 4.56. The Bertz CT molecular complexity index is 1280. The molecular weight excluding hydrogens is 414 g/mol. The first kappa shape index (κ1) is 19.1. The molecule has 7 heteroatoms. The van der Waals surface area contributed by atoms with E-state index >= 15 is 0 Å². The number of hydrogen-bond acceptors (Lipinski definition) is 3. The van der Waals surface area contributed by atoms with E-state index in [1.165, 1.54) is 12.1 Å². The first-order chi connectivity index (χ1) is 15.0. The average molecular weight is 430 g/mol. The van der Waals surface area contributed by atoms with Crippen LogP contribution in [0.15, 0.2) is 78.9 Å². The van der Waals surface area contributed by atoms with Crippen LogP contribution in [0.25, 0.3) is 11.3 Å². The van der Waals surface area contributed by atoms with Crippen molar-refractivity contribution in [3.8, 4) is 11.3 Å². The van der Waals surface area contributed by atoms with Crippen LogP contribution in [0.2, 0.25) is 5.02 Å². The predicted octanol–water partition coefficient (Wildman–Crippen LogP) is 5.18. The van der Waals surface area contributed by atoms with Gasteiger partial charge < -0.3 is 5.11 Å². The number of carbonyl (C=O) groups excluding carboxylic acids is 1. The van der Waals surface area contributed by atoms with Gasteiger partial charge in [0.25, 0.3) is 5.91 Å². The number of carboxylic acid groups (broad SMARTS) is 1. The van der Waals surface area contributed by atoms with Crippen molar-refractivity contribution < 1.29 is 14.7 Å². The zero-order chi connectivity index (χ0) is 21.5. The van der Waals surface area contributed by atoms with Crippen LogP contribution in [-0.4, -0.2) is 27.2 Å². The summed E-state index contributed by atoms with van der Waals surface area (Å²) < 4.78 is 0. The predicted molar refractivity (Wildman–Crippen MR) is 118 cm³/mol. The normalized spacial score (nSPS) is 15.2. The van der Waals surface area contributed by atoms with Crippen molar-refractivity contribution in [3.63, 3.8) is 0 Å². The van der Waals surface area contributed by atoms with Gasteiger partial charge in [-0.05, 0) is 42.0 Å². The molecule has 0 fully saturated rings. The molecule has 6 nitrogen and oxygen atoms in total. The molecule has 0 radical (unpaired) electrons. The van der Waals surface area contributed by atoms with Gasteiger partial charge in [0, 0.05) is 21.8 Å². The number of carbonyl (C=O) groups is 2. The Hall–Kier alpha value is -3.90. The molecule has 2 heterocycles. The maximum atomic E-state index is 13.4. The van der Waals surface area contributed by atoms with Crippen molar-refractivity contribution >= 4 is 29.2 Å². The van der Waals surface area contributed by atoms with Gasteiger partial charge in [0.05, 0.1) is 17.3 Å². The Morgan fingerprint density at radius 3 is 2.29 bits per heavy atom. The molecule has 5 rings (SSSR count). The smallest absolute Gasteiger partial charge is 0.335 e. The molecule has 0 aliphatic carbocycles. The maximum Gasteiger partial charge on any atom is 0.335 e. The number of nitrogens with zero attached hydrogens (tertiary/aromatic N) is 2. The van der Waals surface area contributed by atoms with Crippen LogP contribution in [0.3, 0.4) is 0 Å². The summed E-state index contributed by atoms with van der Waals surface area (Å²) >= 11 is 6.10. The largest absolute Gasteiger partial charge is 0.478 e. The first-order valence-corrected chi connectivity index (χ1v) is 9.98. The second kappa shape index (κ2) is 7.41. The number of benzene rings is 3. The molecule has 152 valence electrons. The fourth-order valence-electron chi connectivity index (χ4n) is 3.95. The quantitative estimate of drug-likeness (QED) is 0.468. The van der Waals surface area contributed by atoms with E-state index < -0.39 is 12.0 Å². The minimum Gasteiger partial charge on any atom is -0.478 e. The SMILES string of the molecule is O=C(O)c1ccc(N2C(=O)c3[nH]nc(-c4ccccc4)c3[C@H]2c2ccc(Cl)cc2)cc1. The molecule has 0 saturated carbocycles. The lowest BCUT2D eigenvalue weighted by Crippen LogP contribution is -2.29. The van der Waals surface area contributed by atoms with Gasteiger partial charge >= 0.3 is 5.97 Å². The van der Waals surface area contributed by atoms with E-state index in [0.717, 1.165) is 16.7 Å². The number of amides is 1. The Balaban J connectivity index is 1.69. The van der Waals surface area contributed by atoms with E-state index in [-0.39, 0.29) is 11.5 Å². The summed E-state index contributed by atoms with van der Waals surface area (Å²) in [6, 6.07) is 22.8. The molecule has 1 atom stereocenters. The Morgan fingerprint density at radius 1 is 0.968 bits per heavy atom. The molecular formula is C24H16ClN3O3. The molecule has 0 spiro atoms. The minimum absolute atomic E-state index is 0.156. The van der Waals surface area contributed by atoms with E-state index in [9.17, 15) is 14.7 Å². The lowest BCUT2D eigenvalue weighted by molar-refractivity contribution is 0.0696. The number of aromatic amines is 1. The summed E-state index contributed by atoms with van der Waals surface area (Å²) in [6.45, 7) is 0. The number of hydrogen-bond donors (Lipinski definition) is 2. The second-order valence-electron chi connectivity index (χ2n) is 7.21. The Morgan fingerprint density at radius 2 is 1.65 bits per heavy atom. The summed E-state index contributed by atoms with van der Waals surface area (Å²) in [5.74, 6) is -1.25. The summed E-state index contributed by atoms with van der Waals surface area (Å²) in [5, 5.41) is 17.2. The van der Waals surface area contributed by atoms with Gasteiger partial charge in [-0.3, -0.25) is 14.8 Å². The number of carboxylic acids is 1. The van der Waals surface area contributed by atoms with Crippen molar-refractivity contribution in [3.05, 3.63) is 106 Å². The molecule has 1 aliphatic heterocycles. The third kappa shape index (κ3) is 3.17. The van der Waals surface area contributed by atoms with Crippen LogP contribution >= 0.6 is 11.6 Å². The fourth-order valence-corrected chi connectivity index (χ4v) is 4.08. The highest BCUT2D eigenvalue weighted by Crippen LogP contribution is 2.45. The number of aromatic carboxylic acids is 1. The van der Waals surface area contributed by atoms with E-state index in [1.807, 2.05) is 42.5 Å². The van der Waals surface area contributed by atoms with Crippen LogP contribution in [0.5, 0.6) is 0 Å². The molecule has 1 amide bonds. The third-order valence-electron chi connectivity index (χ3n) is 5.39. The molecule has 0 bridgehead atoms. The van der Waals surface area contributed by atoms with Gasteiger partial charge in [0.2, 0.25) is 0 Å². The van der Waals surface area contributed by atoms with Crippen molar-refractivity contribution in [2.75, 3.05) is 4.90 Å². The van der Waals surface area contributed by atoms with Crippen molar-refractivity contribution in [1.82, 2.24) is 10.2 Å². The molecule has 2 N–H and O–H groups in total. The maximum absolute atomic E-state index is 13.4. The first-order valence-electron chi connectivity index (χ1n) is 9.60. The number of rotatable bonds is 4. The summed E-state index contributed by atoms with van der Waals surface area (Å²) in [4.78, 5) is 26.3. The van der Waals surface area contributed by atoms with Gasteiger partial charge in [0.1, 0.15) is 5.69 Å². The highest BCUT2D eigenvalue weighted by molar-refractivity contribution is 6.30. The molecule has 1 aromatic heterocycles. The van der Waals surface area contributed by atoms with Gasteiger partial charge in [-0.25, -0.2) is 4.79 Å². The lowest BCUT2D eigenvalue weighted by atomic mass is 9.96. The zero-order valence-corrected chi connectivity index (χ0v) is 16.9. The van der Waals surface area contributed by atoms with Gasteiger partial charge in [-0.1, -0.05) is 54.1 Å². The average Bonchev–Trinajstić information content (AvgIpc) is 3.34. The molecule has 1 aliphatic rings. The summed E-state index contributed by atoms with van der Waals surface area (Å²) in [5.41, 5.74) is 4.42. The van der Waals surface area contributed by atoms with E-state index in [1.54, 1.807) is 29.2 Å². The van der Waals surface area contributed by atoms with Crippen LogP contribution in [0.4, 0.5) is 5.69 Å². The lowest BCUT2D eigenvalue weighted by Gasteiger charge is -2.26. The number of aromatic nitrogens is 2. The Labute approximate surface area is 182 Å². The van der Waals surface area contributed by atoms with Crippen molar-refractivity contribution in [1.29, 1.82) is 0 Å². The number of H-pyrrole nitrogens is 1. The number of nitrogens with one attached hydrogen (secondary N) is 1. The molecule has 0 saturated heterocycles. The van der Waals surface area contributed by atoms with Crippen LogP contribution in [-0.2, 0) is 0 Å². The van der Waals surface area contributed by atoms with Crippen molar-refractivity contribution in [2.24, 2.45) is 0 Å². The van der Waals surface area contributed by atoms with Crippen LogP contribution in [0, 0.1) is 0 Å². The standard InChI is InChI=1S/C24H16ClN3O3/c25-17-10-6-15(7-11-17)22-19-20(14-4-2-1-3-5-14)26-27-21(19)23(29)28(22)18-12-8-16(9-13-18)24(30)31/h1-13,22H,(H,26,27)(H,30,31)/t22-/m1/s1. The molecule has 0 unspecified atom stereocenters. The van der Waals surface area contributed by atoms with E-state index in [2.05, 4.69) is 10.2 Å². The summed E-state index contributed by atoms with van der Waals surface area (Å²) in [6.07, 6.45) is 0. The van der Waals surface area contributed by atoms with Crippen LogP contribution < -0.4 is 4.90 Å². The number of halogens is 1. The van der Waals surface area contributed by atoms with Crippen LogP contribution in [0.1, 0.15) is 38.0 Å². The molecule has 4 aromatic rings. The number of fused-ring (bicyclic) bond motifs is 1. The van der Waals surface area contributed by atoms with E-state index in [0.29, 0.717) is 22.1 Å². The monoisotopic (exact) mass is 429 g/mol. The second-order valence-corrected chi connectivity index (χ2v) is 7.64. The van der Waals surface area contributed by atoms with Gasteiger partial charge in [-0.2, -0.15) is 5.10 Å². The van der Waals surface area contributed by atoms with Gasteiger partial charge in [-0.15, -0.1) is 0 Å². The molecule has 3 aromatic carbocycles. The topological polar surface area (TPSA) is 86.3 Å². The highest BCUT2D eigenvalue weighted by atomic mass is 35.5. The van der Waals surface area contributed by atoms with Crippen molar-refractivity contribution in [2.45, 2.75) is 6.04 Å². The van der Waals surface area contributed by atoms with E-state index in [4.69, 9.17) is 11.6 Å². The molecule has 31 heavy (non-hydrogen) atoms. The number of anilines is 1.